The summed E-state index contributed by atoms with van der Waals surface area (Å²) in [4.78, 5) is 38.7. The lowest BCUT2D eigenvalue weighted by atomic mass is 9.80. The molecule has 4 N–H and O–H groups in total. The molecule has 0 amide bonds. The number of nitrogens with zero attached hydrogens (tertiary/aromatic N) is 6. The molecule has 268 valence electrons. The number of aromatic nitrogens is 6. The Bertz CT molecular complexity index is 2280. The molecule has 6 rings (SSSR count). The fourth-order valence-corrected chi connectivity index (χ4v) is 4.64. The molecule has 4 aromatic heterocycles. The number of fused-ring (bicyclic) bond motifs is 2. The first-order valence-electron chi connectivity index (χ1n) is 13.8. The minimum Gasteiger partial charge on any atom is -0.508 e. The zero-order chi connectivity index (χ0) is 37.1. The summed E-state index contributed by atoms with van der Waals surface area (Å²) in [6, 6.07) is 13.6. The molecule has 0 fully saturated rings. The topological polar surface area (TPSA) is 175 Å². The van der Waals surface area contributed by atoms with Crippen LogP contribution in [0.3, 0.4) is 0 Å². The van der Waals surface area contributed by atoms with E-state index in [1.807, 2.05) is 0 Å². The van der Waals surface area contributed by atoms with Crippen LogP contribution in [0.25, 0.3) is 22.7 Å². The smallest absolute Gasteiger partial charge is 0.488 e. The van der Waals surface area contributed by atoms with E-state index in [0.717, 1.165) is 8.80 Å². The van der Waals surface area contributed by atoms with E-state index in [1.165, 1.54) is 73.1 Å². The molecule has 0 aliphatic rings. The predicted octanol–water partition coefficient (Wildman–Crippen LogP) is 4.68. The van der Waals surface area contributed by atoms with Crippen molar-refractivity contribution >= 4 is 40.1 Å². The van der Waals surface area contributed by atoms with Gasteiger partial charge in [-0.25, -0.2) is 19.9 Å². The number of hydrogen-bond acceptors (Lipinski definition) is 10. The molecule has 0 radical (unpaired) electrons. The van der Waals surface area contributed by atoms with E-state index >= 15 is 0 Å². The number of halogens is 7. The third-order valence-corrected chi connectivity index (χ3v) is 7.22. The van der Waals surface area contributed by atoms with E-state index < -0.39 is 52.0 Å². The van der Waals surface area contributed by atoms with Gasteiger partial charge in [0.25, 0.3) is 11.1 Å². The fourth-order valence-electron chi connectivity index (χ4n) is 4.13. The highest BCUT2D eigenvalue weighted by Crippen LogP contribution is 2.34. The average molecular weight is 783 g/mol. The lowest BCUT2D eigenvalue weighted by Crippen LogP contribution is -2.29. The summed E-state index contributed by atoms with van der Waals surface area (Å²) in [6.45, 7) is 3.19. The average Bonchev–Trinajstić information content (AvgIpc) is 3.03. The second kappa shape index (κ2) is 15.7. The molecule has 0 aliphatic heterocycles. The lowest BCUT2D eigenvalue weighted by molar-refractivity contribution is -0.142. The van der Waals surface area contributed by atoms with Gasteiger partial charge >= 0.3 is 19.5 Å². The van der Waals surface area contributed by atoms with Gasteiger partial charge in [0.1, 0.15) is 16.0 Å². The second-order valence-electron chi connectivity index (χ2n) is 10.2. The summed E-state index contributed by atoms with van der Waals surface area (Å²) < 4.78 is 79.1. The number of benzene rings is 2. The molecule has 6 aromatic rings. The van der Waals surface area contributed by atoms with Gasteiger partial charge in [0.05, 0.1) is 5.56 Å². The molecule has 0 atom stereocenters. The first-order valence-corrected chi connectivity index (χ1v) is 14.6. The molecule has 0 unspecified atom stereocenters. The van der Waals surface area contributed by atoms with E-state index in [2.05, 4.69) is 35.9 Å². The quantitative estimate of drug-likeness (QED) is 0.143. The highest BCUT2D eigenvalue weighted by atomic mass is 79.9. The molecule has 0 saturated carbocycles. The Labute approximate surface area is 292 Å². The SMILES string of the molecule is C.Cc1ccn2c(=O)c(-c3ccc(O)cc3)c(C(F)(F)F)nc2n1.Cc1ccn2c(=O)c(Br)c(C(F)(F)F)nc2n1.OB(O)c1ccc(O)cc1. The Kier molecular flexibility index (Phi) is 12.3. The van der Waals surface area contributed by atoms with Crippen LogP contribution in [0.4, 0.5) is 26.3 Å². The largest absolute Gasteiger partial charge is 0.508 e. The number of phenolic OH excluding ortho intramolecular Hbond substituents is 2. The second-order valence-corrected chi connectivity index (χ2v) is 11.0. The van der Waals surface area contributed by atoms with Crippen LogP contribution in [0.5, 0.6) is 11.5 Å². The maximum atomic E-state index is 13.3. The molecule has 4 heterocycles. The Balaban J connectivity index is 0.000000221. The molecule has 2 aromatic carbocycles. The van der Waals surface area contributed by atoms with Gasteiger partial charge in [-0.2, -0.15) is 26.3 Å². The summed E-state index contributed by atoms with van der Waals surface area (Å²) in [7, 11) is -1.46. The van der Waals surface area contributed by atoms with Crippen molar-refractivity contribution in [1.82, 2.24) is 28.7 Å². The van der Waals surface area contributed by atoms with E-state index in [1.54, 1.807) is 13.8 Å². The van der Waals surface area contributed by atoms with Crippen LogP contribution >= 0.6 is 15.9 Å². The van der Waals surface area contributed by atoms with Crippen LogP contribution in [0.2, 0.25) is 0 Å². The summed E-state index contributed by atoms with van der Waals surface area (Å²) in [5.41, 5.74) is -3.54. The van der Waals surface area contributed by atoms with E-state index in [9.17, 15) is 41.0 Å². The highest BCUT2D eigenvalue weighted by molar-refractivity contribution is 9.10. The molecule has 51 heavy (non-hydrogen) atoms. The van der Waals surface area contributed by atoms with Crippen molar-refractivity contribution in [2.24, 2.45) is 0 Å². The summed E-state index contributed by atoms with van der Waals surface area (Å²) in [6.07, 6.45) is -6.85. The molecular formula is C31H26BBrF6N6O6. The molecular weight excluding hydrogens is 757 g/mol. The monoisotopic (exact) mass is 782 g/mol. The van der Waals surface area contributed by atoms with E-state index in [0.29, 0.717) is 16.9 Å². The molecule has 0 aliphatic carbocycles. The van der Waals surface area contributed by atoms with Crippen LogP contribution in [0.15, 0.2) is 87.1 Å². The zero-order valence-electron chi connectivity index (χ0n) is 25.4. The van der Waals surface area contributed by atoms with Crippen LogP contribution in [-0.4, -0.2) is 56.1 Å². The third-order valence-electron chi connectivity index (χ3n) is 6.51. The highest BCUT2D eigenvalue weighted by Gasteiger charge is 2.38. The third kappa shape index (κ3) is 9.47. The first kappa shape index (κ1) is 40.1. The molecule has 20 heteroatoms. The van der Waals surface area contributed by atoms with Gasteiger partial charge in [0, 0.05) is 23.8 Å². The van der Waals surface area contributed by atoms with Gasteiger partial charge in [-0.15, -0.1) is 0 Å². The lowest BCUT2D eigenvalue weighted by Gasteiger charge is -2.13. The number of rotatable bonds is 2. The van der Waals surface area contributed by atoms with Gasteiger partial charge in [0.2, 0.25) is 11.6 Å². The minimum absolute atomic E-state index is 0. The molecule has 12 nitrogen and oxygen atoms in total. The standard InChI is InChI=1S/C15H10F3N3O2.C9H5BrF3N3O.C6H7BO3.CH4/c1-8-6-7-21-13(23)11(9-2-4-10(22)5-3-9)12(15(16,17)18)20-14(21)19-8;1-4-2-3-16-7(17)5(10)6(9(11,12)13)15-8(16)14-4;8-6-3-1-5(2-4-6)7(9)10;/h2-7,22H,1H3;2-3H,1H3;1-4,8-10H;1H4. The number of aromatic hydroxyl groups is 2. The fraction of sp³-hybridized carbons (Fsp3) is 0.161. The Morgan fingerprint density at radius 3 is 1.49 bits per heavy atom. The predicted molar refractivity (Wildman–Crippen MR) is 177 cm³/mol. The number of phenols is 2. The zero-order valence-corrected chi connectivity index (χ0v) is 27.0. The minimum atomic E-state index is -4.81. The van der Waals surface area contributed by atoms with E-state index in [-0.39, 0.29) is 36.0 Å². The van der Waals surface area contributed by atoms with Crippen LogP contribution in [0.1, 0.15) is 30.2 Å². The van der Waals surface area contributed by atoms with Crippen molar-refractivity contribution in [3.63, 3.8) is 0 Å². The van der Waals surface area contributed by atoms with Crippen molar-refractivity contribution in [2.75, 3.05) is 0 Å². The number of hydrogen-bond donors (Lipinski definition) is 4. The number of aryl methyl sites for hydroxylation is 2. The molecule has 0 spiro atoms. The Morgan fingerprint density at radius 1 is 0.647 bits per heavy atom. The maximum Gasteiger partial charge on any atom is 0.488 e. The van der Waals surface area contributed by atoms with Crippen LogP contribution < -0.4 is 16.6 Å². The molecule has 0 saturated heterocycles. The van der Waals surface area contributed by atoms with Crippen LogP contribution in [-0.2, 0) is 12.4 Å². The van der Waals surface area contributed by atoms with Crippen LogP contribution in [0, 0.1) is 13.8 Å². The van der Waals surface area contributed by atoms with Gasteiger partial charge < -0.3 is 20.3 Å². The summed E-state index contributed by atoms with van der Waals surface area (Å²) in [5.74, 6) is -0.590. The van der Waals surface area contributed by atoms with Gasteiger partial charge in [-0.3, -0.25) is 18.4 Å². The van der Waals surface area contributed by atoms with Gasteiger partial charge in [-0.1, -0.05) is 31.7 Å². The Morgan fingerprint density at radius 2 is 1.06 bits per heavy atom. The van der Waals surface area contributed by atoms with Crippen molar-refractivity contribution in [1.29, 1.82) is 0 Å². The van der Waals surface area contributed by atoms with Crippen molar-refractivity contribution in [2.45, 2.75) is 33.6 Å². The normalized spacial score (nSPS) is 11.2. The Hall–Kier alpha value is -5.34. The first-order chi connectivity index (χ1) is 23.3. The van der Waals surface area contributed by atoms with Gasteiger partial charge in [-0.05, 0) is 77.2 Å². The number of alkyl halides is 6. The maximum absolute atomic E-state index is 13.3. The summed E-state index contributed by atoms with van der Waals surface area (Å²) in [5, 5.41) is 35.2. The molecule has 0 bridgehead atoms. The van der Waals surface area contributed by atoms with Crippen molar-refractivity contribution in [3.05, 3.63) is 121 Å². The van der Waals surface area contributed by atoms with E-state index in [4.69, 9.17) is 15.2 Å². The summed E-state index contributed by atoms with van der Waals surface area (Å²) >= 11 is 2.61. The van der Waals surface area contributed by atoms with Crippen molar-refractivity contribution in [3.8, 4) is 22.6 Å². The van der Waals surface area contributed by atoms with Gasteiger partial charge in [0.15, 0.2) is 11.4 Å². The van der Waals surface area contributed by atoms with Crippen molar-refractivity contribution < 1.29 is 46.6 Å².